The Morgan fingerprint density at radius 1 is 1.18 bits per heavy atom. The van der Waals surface area contributed by atoms with Gasteiger partial charge in [0.2, 0.25) is 11.8 Å². The number of primary amides is 1. The zero-order valence-electron chi connectivity index (χ0n) is 16.6. The molecule has 0 saturated carbocycles. The van der Waals surface area contributed by atoms with Crippen LogP contribution in [-0.4, -0.2) is 29.5 Å². The molecule has 0 bridgehead atoms. The van der Waals surface area contributed by atoms with Crippen molar-refractivity contribution < 1.29 is 36.3 Å². The molecule has 1 aliphatic rings. The van der Waals surface area contributed by atoms with E-state index in [4.69, 9.17) is 10.5 Å². The van der Waals surface area contributed by atoms with E-state index in [9.17, 15) is 31.5 Å². The molecule has 0 radical (unpaired) electrons. The van der Waals surface area contributed by atoms with Gasteiger partial charge in [0.15, 0.2) is 0 Å². The Kier molecular flexibility index (Phi) is 9.82. The van der Waals surface area contributed by atoms with Crippen molar-refractivity contribution in [2.24, 2.45) is 11.7 Å². The smallest absolute Gasteiger partial charge is 0.368 e. The normalized spacial score (nSPS) is 17.5. The summed E-state index contributed by atoms with van der Waals surface area (Å²) in [7, 11) is 0. The van der Waals surface area contributed by atoms with E-state index in [2.05, 4.69) is 15.6 Å². The molecule has 14 heteroatoms. The molecule has 2 unspecified atom stereocenters. The number of aromatic nitrogens is 1. The lowest BCUT2D eigenvalue weighted by Gasteiger charge is -2.16. The lowest BCUT2D eigenvalue weighted by atomic mass is 10.00. The molecule has 1 fully saturated rings. The van der Waals surface area contributed by atoms with Gasteiger partial charge in [0, 0.05) is 12.7 Å². The van der Waals surface area contributed by atoms with E-state index >= 15 is 0 Å². The van der Waals surface area contributed by atoms with E-state index < -0.39 is 52.9 Å². The molecule has 0 spiro atoms. The SMILES string of the molecule is Cl.Cl.NC(=O)C1OCCC1C(=O)NCc1ncc(Nc2ccc(F)cc2C(F)(F)F)cc1F. The van der Waals surface area contributed by atoms with Crippen LogP contribution in [0.4, 0.5) is 33.3 Å². The number of benzene rings is 1. The number of ether oxygens (including phenoxy) is 1. The molecular formula is C19H19Cl2F5N4O3. The zero-order valence-corrected chi connectivity index (χ0v) is 18.3. The first-order valence-electron chi connectivity index (χ1n) is 9.03. The molecule has 0 aliphatic carbocycles. The highest BCUT2D eigenvalue weighted by molar-refractivity contribution is 5.89. The maximum absolute atomic E-state index is 14.3. The monoisotopic (exact) mass is 516 g/mol. The van der Waals surface area contributed by atoms with Crippen LogP contribution in [0.3, 0.4) is 0 Å². The fourth-order valence-electron chi connectivity index (χ4n) is 3.12. The lowest BCUT2D eigenvalue weighted by Crippen LogP contribution is -2.41. The van der Waals surface area contributed by atoms with Crippen molar-refractivity contribution in [1.82, 2.24) is 10.3 Å². The molecular weight excluding hydrogens is 498 g/mol. The van der Waals surface area contributed by atoms with Gasteiger partial charge in [0.25, 0.3) is 0 Å². The number of anilines is 2. The molecule has 1 aromatic carbocycles. The average Bonchev–Trinajstić information content (AvgIpc) is 3.18. The van der Waals surface area contributed by atoms with Crippen LogP contribution in [0.2, 0.25) is 0 Å². The number of halogens is 7. The summed E-state index contributed by atoms with van der Waals surface area (Å²) >= 11 is 0. The summed E-state index contributed by atoms with van der Waals surface area (Å²) in [6.07, 6.45) is -4.55. The molecule has 1 aliphatic heterocycles. The molecule has 2 heterocycles. The second-order valence-corrected chi connectivity index (χ2v) is 6.77. The highest BCUT2D eigenvalue weighted by Gasteiger charge is 2.38. The highest BCUT2D eigenvalue weighted by Crippen LogP contribution is 2.36. The first kappa shape index (κ1) is 28.3. The maximum Gasteiger partial charge on any atom is 0.418 e. The number of nitrogens with two attached hydrogens (primary N) is 1. The number of amides is 2. The number of carbonyl (C=O) groups excluding carboxylic acids is 2. The van der Waals surface area contributed by atoms with Gasteiger partial charge in [-0.15, -0.1) is 24.8 Å². The molecule has 3 rings (SSSR count). The van der Waals surface area contributed by atoms with Crippen LogP contribution in [0.25, 0.3) is 0 Å². The minimum Gasteiger partial charge on any atom is -0.368 e. The summed E-state index contributed by atoms with van der Waals surface area (Å²) in [5, 5.41) is 4.79. The minimum absolute atomic E-state index is 0. The molecule has 1 saturated heterocycles. The first-order chi connectivity index (χ1) is 14.6. The van der Waals surface area contributed by atoms with Crippen LogP contribution < -0.4 is 16.4 Å². The number of rotatable bonds is 6. The fourth-order valence-corrected chi connectivity index (χ4v) is 3.12. The standard InChI is InChI=1S/C19H17F5N4O3.2ClH/c20-9-1-2-14(12(5-9)19(22,23)24)28-10-6-13(21)15(26-7-10)8-27-18(30)11-3-4-31-16(11)17(25)29;;/h1-2,5-7,11,16,28H,3-4,8H2,(H2,25,29)(H,27,30);2*1H. The molecule has 4 N–H and O–H groups in total. The topological polar surface area (TPSA) is 106 Å². The van der Waals surface area contributed by atoms with Crippen molar-refractivity contribution in [1.29, 1.82) is 0 Å². The zero-order chi connectivity index (χ0) is 22.8. The average molecular weight is 517 g/mol. The maximum atomic E-state index is 14.3. The van der Waals surface area contributed by atoms with E-state index in [1.807, 2.05) is 0 Å². The van der Waals surface area contributed by atoms with Gasteiger partial charge >= 0.3 is 6.18 Å². The summed E-state index contributed by atoms with van der Waals surface area (Å²) in [6.45, 7) is -0.140. The number of alkyl halides is 3. The van der Waals surface area contributed by atoms with Crippen molar-refractivity contribution in [3.63, 3.8) is 0 Å². The number of nitrogens with zero attached hydrogens (tertiary/aromatic N) is 1. The van der Waals surface area contributed by atoms with Crippen molar-refractivity contribution in [2.75, 3.05) is 11.9 Å². The quantitative estimate of drug-likeness (QED) is 0.509. The fraction of sp³-hybridized carbons (Fsp3) is 0.316. The predicted octanol–water partition coefficient (Wildman–Crippen LogP) is 3.47. The summed E-state index contributed by atoms with van der Waals surface area (Å²) in [5.41, 5.74) is 3.15. The molecule has 33 heavy (non-hydrogen) atoms. The number of pyridine rings is 1. The van der Waals surface area contributed by atoms with Gasteiger partial charge in [-0.05, 0) is 24.6 Å². The Morgan fingerprint density at radius 3 is 2.48 bits per heavy atom. The Labute approximate surface area is 197 Å². The number of hydrogen-bond donors (Lipinski definition) is 3. The van der Waals surface area contributed by atoms with E-state index in [-0.39, 0.29) is 55.8 Å². The van der Waals surface area contributed by atoms with Crippen molar-refractivity contribution in [3.05, 3.63) is 53.4 Å². The van der Waals surface area contributed by atoms with Crippen LogP contribution in [-0.2, 0) is 27.0 Å². The largest absolute Gasteiger partial charge is 0.418 e. The molecule has 7 nitrogen and oxygen atoms in total. The Bertz CT molecular complexity index is 1010. The van der Waals surface area contributed by atoms with Gasteiger partial charge in [-0.2, -0.15) is 13.2 Å². The molecule has 182 valence electrons. The number of nitrogens with one attached hydrogen (secondary N) is 2. The summed E-state index contributed by atoms with van der Waals surface area (Å²) in [4.78, 5) is 27.3. The van der Waals surface area contributed by atoms with Crippen molar-refractivity contribution in [2.45, 2.75) is 25.2 Å². The molecule has 2 amide bonds. The van der Waals surface area contributed by atoms with Crippen molar-refractivity contribution >= 4 is 48.0 Å². The van der Waals surface area contributed by atoms with E-state index in [1.165, 1.54) is 0 Å². The lowest BCUT2D eigenvalue weighted by molar-refractivity contribution is -0.137. The Morgan fingerprint density at radius 2 is 1.88 bits per heavy atom. The molecule has 2 atom stereocenters. The van der Waals surface area contributed by atoms with Gasteiger partial charge in [-0.1, -0.05) is 0 Å². The number of hydrogen-bond acceptors (Lipinski definition) is 5. The highest BCUT2D eigenvalue weighted by atomic mass is 35.5. The van der Waals surface area contributed by atoms with Gasteiger partial charge in [0.1, 0.15) is 17.7 Å². The summed E-state index contributed by atoms with van der Waals surface area (Å²) in [6, 6.07) is 2.92. The summed E-state index contributed by atoms with van der Waals surface area (Å²) in [5.74, 6) is -4.11. The van der Waals surface area contributed by atoms with E-state index in [0.717, 1.165) is 24.4 Å². The molecule has 2 aromatic rings. The third-order valence-electron chi connectivity index (χ3n) is 4.62. The van der Waals surface area contributed by atoms with Crippen LogP contribution in [0.1, 0.15) is 17.7 Å². The van der Waals surface area contributed by atoms with E-state index in [1.54, 1.807) is 0 Å². The van der Waals surface area contributed by atoms with Crippen LogP contribution >= 0.6 is 24.8 Å². The predicted molar refractivity (Wildman–Crippen MR) is 112 cm³/mol. The minimum atomic E-state index is -4.83. The van der Waals surface area contributed by atoms with E-state index in [0.29, 0.717) is 6.07 Å². The summed E-state index contributed by atoms with van der Waals surface area (Å²) < 4.78 is 71.9. The van der Waals surface area contributed by atoms with Gasteiger partial charge in [-0.3, -0.25) is 14.6 Å². The third kappa shape index (κ3) is 6.89. The van der Waals surface area contributed by atoms with Crippen molar-refractivity contribution in [3.8, 4) is 0 Å². The second kappa shape index (κ2) is 11.4. The van der Waals surface area contributed by atoms with Crippen LogP contribution in [0.15, 0.2) is 30.5 Å². The molecule has 1 aromatic heterocycles. The van der Waals surface area contributed by atoms with Gasteiger partial charge < -0.3 is 21.1 Å². The first-order valence-corrected chi connectivity index (χ1v) is 9.03. The Balaban J connectivity index is 0.00000272. The Hall–Kier alpha value is -2.70. The van der Waals surface area contributed by atoms with Crippen LogP contribution in [0, 0.1) is 17.6 Å². The second-order valence-electron chi connectivity index (χ2n) is 6.77. The number of carbonyl (C=O) groups is 2. The van der Waals surface area contributed by atoms with Gasteiger partial charge in [-0.25, -0.2) is 8.78 Å². The van der Waals surface area contributed by atoms with Gasteiger partial charge in [0.05, 0.1) is 41.3 Å². The third-order valence-corrected chi connectivity index (χ3v) is 4.62. The van der Waals surface area contributed by atoms with Crippen LogP contribution in [0.5, 0.6) is 0 Å².